The second-order valence-corrected chi connectivity index (χ2v) is 6.64. The first kappa shape index (κ1) is 13.9. The van der Waals surface area contributed by atoms with Crippen LogP contribution in [0.1, 0.15) is 25.0 Å². The Morgan fingerprint density at radius 1 is 1.24 bits per heavy atom. The van der Waals surface area contributed by atoms with E-state index < -0.39 is 9.84 Å². The zero-order valence-corrected chi connectivity index (χ0v) is 11.3. The van der Waals surface area contributed by atoms with Crippen LogP contribution in [0.4, 0.5) is 0 Å². The van der Waals surface area contributed by atoms with Gasteiger partial charge in [-0.1, -0.05) is 38.1 Å². The van der Waals surface area contributed by atoms with Crippen LogP contribution in [0.5, 0.6) is 0 Å². The lowest BCUT2D eigenvalue weighted by molar-refractivity contribution is -0.119. The lowest BCUT2D eigenvalue weighted by Gasteiger charge is -2.08. The minimum atomic E-state index is -3.35. The van der Waals surface area contributed by atoms with Crippen LogP contribution in [0.15, 0.2) is 24.3 Å². The molecule has 0 bridgehead atoms. The van der Waals surface area contributed by atoms with E-state index in [0.29, 0.717) is 0 Å². The number of carbonyl (C=O) groups is 1. The summed E-state index contributed by atoms with van der Waals surface area (Å²) >= 11 is 0. The fourth-order valence-electron chi connectivity index (χ4n) is 1.44. The third-order valence-corrected chi connectivity index (χ3v) is 4.12. The van der Waals surface area contributed by atoms with Gasteiger partial charge in [-0.15, -0.1) is 0 Å². The van der Waals surface area contributed by atoms with Gasteiger partial charge in [-0.3, -0.25) is 4.79 Å². The molecule has 0 spiro atoms. The average Bonchev–Trinajstić information content (AvgIpc) is 2.20. The van der Waals surface area contributed by atoms with Gasteiger partial charge in [-0.05, 0) is 18.1 Å². The van der Waals surface area contributed by atoms with Crippen molar-refractivity contribution in [2.75, 3.05) is 5.75 Å². The lowest BCUT2D eigenvalue weighted by Crippen LogP contribution is -2.21. The molecule has 0 atom stereocenters. The molecule has 0 aliphatic carbocycles. The molecule has 0 aromatic heterocycles. The van der Waals surface area contributed by atoms with Crippen molar-refractivity contribution in [1.82, 2.24) is 0 Å². The molecular formula is C13H18O3S. The summed E-state index contributed by atoms with van der Waals surface area (Å²) in [4.78, 5) is 11.5. The van der Waals surface area contributed by atoms with E-state index in [2.05, 4.69) is 0 Å². The van der Waals surface area contributed by atoms with Gasteiger partial charge in [0.05, 0.1) is 5.75 Å². The topological polar surface area (TPSA) is 51.2 Å². The predicted molar refractivity (Wildman–Crippen MR) is 68.5 cm³/mol. The first-order valence-corrected chi connectivity index (χ1v) is 7.41. The van der Waals surface area contributed by atoms with Crippen LogP contribution in [0.25, 0.3) is 0 Å². The Morgan fingerprint density at radius 2 is 1.82 bits per heavy atom. The molecule has 1 rings (SSSR count). The molecule has 0 saturated carbocycles. The zero-order valence-electron chi connectivity index (χ0n) is 10.4. The second kappa shape index (κ2) is 5.45. The van der Waals surface area contributed by atoms with Crippen molar-refractivity contribution in [3.05, 3.63) is 35.4 Å². The summed E-state index contributed by atoms with van der Waals surface area (Å²) in [6.45, 7) is 5.30. The number of sulfone groups is 1. The third-order valence-electron chi connectivity index (χ3n) is 2.64. The average molecular weight is 254 g/mol. The maximum absolute atomic E-state index is 11.8. The molecule has 3 nitrogen and oxygen atoms in total. The number of benzene rings is 1. The molecule has 0 unspecified atom stereocenters. The monoisotopic (exact) mass is 254 g/mol. The van der Waals surface area contributed by atoms with Crippen molar-refractivity contribution in [1.29, 1.82) is 0 Å². The van der Waals surface area contributed by atoms with Gasteiger partial charge in [0.1, 0.15) is 11.5 Å². The normalized spacial score (nSPS) is 11.8. The molecule has 0 radical (unpaired) electrons. The molecular weight excluding hydrogens is 236 g/mol. The van der Waals surface area contributed by atoms with E-state index in [1.807, 2.05) is 25.1 Å². The molecule has 4 heteroatoms. The maximum atomic E-state index is 11.8. The van der Waals surface area contributed by atoms with Crippen molar-refractivity contribution in [2.24, 2.45) is 5.92 Å². The number of hydrogen-bond acceptors (Lipinski definition) is 3. The summed E-state index contributed by atoms with van der Waals surface area (Å²) in [7, 11) is -3.35. The fourth-order valence-corrected chi connectivity index (χ4v) is 3.11. The van der Waals surface area contributed by atoms with E-state index in [0.717, 1.165) is 11.1 Å². The molecule has 0 aliphatic heterocycles. The molecule has 0 saturated heterocycles. The first-order valence-electron chi connectivity index (χ1n) is 5.59. The Bertz CT molecular complexity index is 501. The second-order valence-electron chi connectivity index (χ2n) is 4.58. The van der Waals surface area contributed by atoms with Crippen molar-refractivity contribution < 1.29 is 13.2 Å². The van der Waals surface area contributed by atoms with Crippen LogP contribution in [0.2, 0.25) is 0 Å². The highest BCUT2D eigenvalue weighted by atomic mass is 32.2. The molecule has 0 amide bonds. The first-order chi connectivity index (χ1) is 7.82. The summed E-state index contributed by atoms with van der Waals surface area (Å²) in [6, 6.07) is 7.33. The van der Waals surface area contributed by atoms with Gasteiger partial charge in [0.25, 0.3) is 0 Å². The van der Waals surface area contributed by atoms with Gasteiger partial charge in [0, 0.05) is 5.92 Å². The van der Waals surface area contributed by atoms with E-state index in [1.54, 1.807) is 19.9 Å². The number of carbonyl (C=O) groups excluding carboxylic acids is 1. The summed E-state index contributed by atoms with van der Waals surface area (Å²) < 4.78 is 23.7. The van der Waals surface area contributed by atoms with E-state index in [-0.39, 0.29) is 23.2 Å². The Labute approximate surface area is 103 Å². The molecule has 17 heavy (non-hydrogen) atoms. The van der Waals surface area contributed by atoms with Gasteiger partial charge >= 0.3 is 0 Å². The molecule has 0 fully saturated rings. The van der Waals surface area contributed by atoms with Crippen molar-refractivity contribution >= 4 is 15.6 Å². The molecule has 0 N–H and O–H groups in total. The van der Waals surface area contributed by atoms with Gasteiger partial charge in [-0.2, -0.15) is 0 Å². The maximum Gasteiger partial charge on any atom is 0.161 e. The van der Waals surface area contributed by atoms with E-state index in [9.17, 15) is 13.2 Å². The summed E-state index contributed by atoms with van der Waals surface area (Å²) in [5.74, 6) is -0.878. The predicted octanol–water partition coefficient (Wildman–Crippen LogP) is 2.13. The summed E-state index contributed by atoms with van der Waals surface area (Å²) in [6.07, 6.45) is 0. The van der Waals surface area contributed by atoms with Crippen LogP contribution in [0, 0.1) is 12.8 Å². The van der Waals surface area contributed by atoms with Crippen LogP contribution in [-0.4, -0.2) is 20.0 Å². The quantitative estimate of drug-likeness (QED) is 0.809. The van der Waals surface area contributed by atoms with Crippen molar-refractivity contribution in [3.8, 4) is 0 Å². The van der Waals surface area contributed by atoms with Gasteiger partial charge in [0.2, 0.25) is 0 Å². The smallest absolute Gasteiger partial charge is 0.161 e. The largest absolute Gasteiger partial charge is 0.298 e. The van der Waals surface area contributed by atoms with Gasteiger partial charge in [0.15, 0.2) is 9.84 Å². The Balaban J connectivity index is 2.81. The van der Waals surface area contributed by atoms with Crippen molar-refractivity contribution in [2.45, 2.75) is 26.5 Å². The lowest BCUT2D eigenvalue weighted by atomic mass is 10.1. The number of rotatable bonds is 5. The number of hydrogen-bond donors (Lipinski definition) is 0. The van der Waals surface area contributed by atoms with Crippen LogP contribution in [-0.2, 0) is 20.4 Å². The van der Waals surface area contributed by atoms with E-state index in [1.165, 1.54) is 0 Å². The molecule has 0 heterocycles. The highest BCUT2D eigenvalue weighted by molar-refractivity contribution is 7.91. The van der Waals surface area contributed by atoms with Crippen LogP contribution in [0.3, 0.4) is 0 Å². The Kier molecular flexibility index (Phi) is 4.46. The Hall–Kier alpha value is -1.16. The highest BCUT2D eigenvalue weighted by Gasteiger charge is 2.19. The number of aryl methyl sites for hydroxylation is 1. The molecule has 94 valence electrons. The van der Waals surface area contributed by atoms with Gasteiger partial charge < -0.3 is 0 Å². The fraction of sp³-hybridized carbons (Fsp3) is 0.462. The van der Waals surface area contributed by atoms with E-state index in [4.69, 9.17) is 0 Å². The highest BCUT2D eigenvalue weighted by Crippen LogP contribution is 2.12. The summed E-state index contributed by atoms with van der Waals surface area (Å²) in [5, 5.41) is 0. The van der Waals surface area contributed by atoms with Crippen molar-refractivity contribution in [3.63, 3.8) is 0 Å². The SMILES string of the molecule is Cc1ccccc1CS(=O)(=O)CC(=O)C(C)C. The third kappa shape index (κ3) is 4.30. The van der Waals surface area contributed by atoms with Gasteiger partial charge in [-0.25, -0.2) is 8.42 Å². The van der Waals surface area contributed by atoms with Crippen LogP contribution < -0.4 is 0 Å². The molecule has 1 aromatic rings. The molecule has 1 aromatic carbocycles. The molecule has 0 aliphatic rings. The van der Waals surface area contributed by atoms with Crippen LogP contribution >= 0.6 is 0 Å². The minimum absolute atomic E-state index is 0.0574. The number of Topliss-reactive ketones (excluding diaryl/α,β-unsaturated/α-hetero) is 1. The summed E-state index contributed by atoms with van der Waals surface area (Å²) in [5.41, 5.74) is 1.71. The van der Waals surface area contributed by atoms with E-state index >= 15 is 0 Å². The zero-order chi connectivity index (χ0) is 13.1. The number of ketones is 1. The standard InChI is InChI=1S/C13H18O3S/c1-10(2)13(14)9-17(15,16)8-12-7-5-4-6-11(12)3/h4-7,10H,8-9H2,1-3H3. The minimum Gasteiger partial charge on any atom is -0.298 e. The Morgan fingerprint density at radius 3 is 2.35 bits per heavy atom.